The van der Waals surface area contributed by atoms with Crippen molar-refractivity contribution in [1.82, 2.24) is 0 Å². The smallest absolute Gasteiger partial charge is 0.416 e. The SMILES string of the molecule is COc1ccccc1NC(=O)COc1ccc(/C=C(\C#N)C(=O)Nc2cccc(C(F)(F)F)c2)cc1OC. The lowest BCUT2D eigenvalue weighted by atomic mass is 10.1. The summed E-state index contributed by atoms with van der Waals surface area (Å²) in [6.45, 7) is -0.341. The van der Waals surface area contributed by atoms with Crippen molar-refractivity contribution in [2.75, 3.05) is 31.5 Å². The Hall–Kier alpha value is -4.98. The second-order valence-electron chi connectivity index (χ2n) is 7.65. The fourth-order valence-corrected chi connectivity index (χ4v) is 3.26. The van der Waals surface area contributed by atoms with E-state index in [0.717, 1.165) is 18.2 Å². The number of hydrogen-bond acceptors (Lipinski definition) is 6. The van der Waals surface area contributed by atoms with Crippen molar-refractivity contribution in [2.24, 2.45) is 0 Å². The third kappa shape index (κ3) is 7.27. The summed E-state index contributed by atoms with van der Waals surface area (Å²) in [5.41, 5.74) is -0.547. The normalized spacial score (nSPS) is 11.2. The summed E-state index contributed by atoms with van der Waals surface area (Å²) in [5, 5.41) is 14.4. The molecule has 3 aromatic rings. The molecule has 0 saturated heterocycles. The summed E-state index contributed by atoms with van der Waals surface area (Å²) < 4.78 is 54.8. The number of nitrogens with zero attached hydrogens (tertiary/aromatic N) is 1. The second kappa shape index (κ2) is 12.3. The first-order chi connectivity index (χ1) is 18.1. The van der Waals surface area contributed by atoms with E-state index in [1.54, 1.807) is 30.3 Å². The van der Waals surface area contributed by atoms with Crippen LogP contribution in [-0.4, -0.2) is 32.6 Å². The van der Waals surface area contributed by atoms with Crippen LogP contribution in [0.4, 0.5) is 24.5 Å². The number of nitrogens with one attached hydrogen (secondary N) is 2. The number of methoxy groups -OCH3 is 2. The Morgan fingerprint density at radius 3 is 2.34 bits per heavy atom. The molecule has 0 aliphatic carbocycles. The number of para-hydroxylation sites is 2. The third-order valence-electron chi connectivity index (χ3n) is 5.05. The summed E-state index contributed by atoms with van der Waals surface area (Å²) >= 11 is 0. The summed E-state index contributed by atoms with van der Waals surface area (Å²) in [4.78, 5) is 24.8. The van der Waals surface area contributed by atoms with Gasteiger partial charge in [0.1, 0.15) is 17.4 Å². The zero-order valence-electron chi connectivity index (χ0n) is 20.3. The van der Waals surface area contributed by atoms with Crippen LogP contribution in [0.15, 0.2) is 72.3 Å². The first-order valence-electron chi connectivity index (χ1n) is 11.0. The molecule has 196 valence electrons. The highest BCUT2D eigenvalue weighted by molar-refractivity contribution is 6.09. The van der Waals surface area contributed by atoms with Gasteiger partial charge < -0.3 is 24.8 Å². The maximum Gasteiger partial charge on any atom is 0.416 e. The predicted molar refractivity (Wildman–Crippen MR) is 134 cm³/mol. The zero-order valence-corrected chi connectivity index (χ0v) is 20.3. The Morgan fingerprint density at radius 1 is 0.921 bits per heavy atom. The molecule has 0 bridgehead atoms. The number of halogens is 3. The van der Waals surface area contributed by atoms with Crippen LogP contribution < -0.4 is 24.8 Å². The molecule has 11 heteroatoms. The number of alkyl halides is 3. The molecule has 0 aliphatic heterocycles. The summed E-state index contributed by atoms with van der Waals surface area (Å²) in [7, 11) is 2.85. The molecular weight excluding hydrogens is 503 g/mol. The molecule has 2 amide bonds. The van der Waals surface area contributed by atoms with Gasteiger partial charge in [0.05, 0.1) is 25.5 Å². The molecule has 3 rings (SSSR count). The van der Waals surface area contributed by atoms with Gasteiger partial charge in [-0.1, -0.05) is 24.3 Å². The summed E-state index contributed by atoms with van der Waals surface area (Å²) in [5.74, 6) is -0.399. The Bertz CT molecular complexity index is 1400. The Labute approximate surface area is 216 Å². The highest BCUT2D eigenvalue weighted by atomic mass is 19.4. The van der Waals surface area contributed by atoms with Crippen molar-refractivity contribution in [3.05, 3.63) is 83.4 Å². The van der Waals surface area contributed by atoms with Gasteiger partial charge in [-0.05, 0) is 54.1 Å². The van der Waals surface area contributed by atoms with Gasteiger partial charge in [0.25, 0.3) is 11.8 Å². The number of hydrogen-bond donors (Lipinski definition) is 2. The van der Waals surface area contributed by atoms with Crippen LogP contribution in [0.25, 0.3) is 6.08 Å². The van der Waals surface area contributed by atoms with E-state index in [1.807, 2.05) is 0 Å². The molecule has 0 fully saturated rings. The Morgan fingerprint density at radius 2 is 1.66 bits per heavy atom. The summed E-state index contributed by atoms with van der Waals surface area (Å²) in [6.07, 6.45) is -3.34. The van der Waals surface area contributed by atoms with Gasteiger partial charge in [-0.2, -0.15) is 18.4 Å². The lowest BCUT2D eigenvalue weighted by Gasteiger charge is -2.13. The van der Waals surface area contributed by atoms with Crippen LogP contribution in [-0.2, 0) is 15.8 Å². The maximum absolute atomic E-state index is 12.9. The highest BCUT2D eigenvalue weighted by Gasteiger charge is 2.30. The lowest BCUT2D eigenvalue weighted by Crippen LogP contribution is -2.20. The Kier molecular flexibility index (Phi) is 8.95. The van der Waals surface area contributed by atoms with Crippen LogP contribution in [0, 0.1) is 11.3 Å². The predicted octanol–water partition coefficient (Wildman–Crippen LogP) is 5.29. The van der Waals surface area contributed by atoms with Crippen LogP contribution in [0.5, 0.6) is 17.2 Å². The molecule has 8 nitrogen and oxygen atoms in total. The average Bonchev–Trinajstić information content (AvgIpc) is 2.90. The first-order valence-corrected chi connectivity index (χ1v) is 11.0. The molecule has 0 aliphatic rings. The zero-order chi connectivity index (χ0) is 27.7. The highest BCUT2D eigenvalue weighted by Crippen LogP contribution is 2.31. The van der Waals surface area contributed by atoms with E-state index in [1.165, 1.54) is 44.6 Å². The van der Waals surface area contributed by atoms with Crippen LogP contribution in [0.2, 0.25) is 0 Å². The minimum Gasteiger partial charge on any atom is -0.495 e. The first kappa shape index (κ1) is 27.6. The van der Waals surface area contributed by atoms with Gasteiger partial charge in [0.15, 0.2) is 18.1 Å². The third-order valence-corrected chi connectivity index (χ3v) is 5.05. The standard InChI is InChI=1S/C27H22F3N3O5/c1-36-22-9-4-3-8-21(22)33-25(34)16-38-23-11-10-17(13-24(23)37-2)12-18(15-31)26(35)32-20-7-5-6-19(14-20)27(28,29)30/h3-14H,16H2,1-2H3,(H,32,35)(H,33,34)/b18-12+. The van der Waals surface area contributed by atoms with Crippen molar-refractivity contribution in [3.63, 3.8) is 0 Å². The fraction of sp³-hybridized carbons (Fsp3) is 0.148. The van der Waals surface area contributed by atoms with Gasteiger partial charge in [0, 0.05) is 5.69 Å². The van der Waals surface area contributed by atoms with Crippen LogP contribution in [0.3, 0.4) is 0 Å². The van der Waals surface area contributed by atoms with E-state index in [2.05, 4.69) is 10.6 Å². The van der Waals surface area contributed by atoms with Crippen molar-refractivity contribution in [1.29, 1.82) is 5.26 Å². The molecular formula is C27H22F3N3O5. The van der Waals surface area contributed by atoms with Gasteiger partial charge in [-0.25, -0.2) is 0 Å². The van der Waals surface area contributed by atoms with E-state index in [-0.39, 0.29) is 29.4 Å². The van der Waals surface area contributed by atoms with E-state index >= 15 is 0 Å². The molecule has 0 unspecified atom stereocenters. The number of rotatable bonds is 9. The van der Waals surface area contributed by atoms with E-state index in [9.17, 15) is 28.0 Å². The number of carbonyl (C=O) groups is 2. The van der Waals surface area contributed by atoms with Gasteiger partial charge in [-0.15, -0.1) is 0 Å². The minimum absolute atomic E-state index is 0.112. The monoisotopic (exact) mass is 525 g/mol. The van der Waals surface area contributed by atoms with Crippen LogP contribution in [0.1, 0.15) is 11.1 Å². The van der Waals surface area contributed by atoms with Crippen molar-refractivity contribution < 1.29 is 37.0 Å². The fourth-order valence-electron chi connectivity index (χ4n) is 3.26. The minimum atomic E-state index is -4.58. The quantitative estimate of drug-likeness (QED) is 0.290. The molecule has 3 aromatic carbocycles. The number of nitriles is 1. The number of carbonyl (C=O) groups excluding carboxylic acids is 2. The topological polar surface area (TPSA) is 110 Å². The molecule has 0 aromatic heterocycles. The van der Waals surface area contributed by atoms with E-state index in [4.69, 9.17) is 14.2 Å². The molecule has 0 spiro atoms. The van der Waals surface area contributed by atoms with Gasteiger partial charge in [0.2, 0.25) is 0 Å². The van der Waals surface area contributed by atoms with Crippen molar-refractivity contribution >= 4 is 29.3 Å². The van der Waals surface area contributed by atoms with Crippen molar-refractivity contribution in [2.45, 2.75) is 6.18 Å². The van der Waals surface area contributed by atoms with Gasteiger partial charge >= 0.3 is 6.18 Å². The molecule has 0 radical (unpaired) electrons. The average molecular weight is 525 g/mol. The van der Waals surface area contributed by atoms with E-state index in [0.29, 0.717) is 17.0 Å². The maximum atomic E-state index is 12.9. The molecule has 0 saturated carbocycles. The second-order valence-corrected chi connectivity index (χ2v) is 7.65. The Balaban J connectivity index is 1.70. The number of benzene rings is 3. The largest absolute Gasteiger partial charge is 0.495 e. The molecule has 0 atom stereocenters. The molecule has 0 heterocycles. The number of ether oxygens (including phenoxy) is 3. The van der Waals surface area contributed by atoms with Crippen LogP contribution >= 0.6 is 0 Å². The number of amides is 2. The van der Waals surface area contributed by atoms with Gasteiger partial charge in [-0.3, -0.25) is 9.59 Å². The molecule has 38 heavy (non-hydrogen) atoms. The lowest BCUT2D eigenvalue weighted by molar-refractivity contribution is -0.137. The summed E-state index contributed by atoms with van der Waals surface area (Å²) in [6, 6.07) is 17.2. The molecule has 2 N–H and O–H groups in total. The van der Waals surface area contributed by atoms with E-state index < -0.39 is 23.6 Å². The van der Waals surface area contributed by atoms with Crippen molar-refractivity contribution in [3.8, 4) is 23.3 Å². The number of anilines is 2.